The minimum atomic E-state index is -3.65. The molecule has 1 radical (unpaired) electrons. The first-order valence-corrected chi connectivity index (χ1v) is 5.00. The van der Waals surface area contributed by atoms with Crippen molar-refractivity contribution in [2.75, 3.05) is 0 Å². The smallest absolute Gasteiger partial charge is 0.256 e. The van der Waals surface area contributed by atoms with Crippen molar-refractivity contribution in [3.63, 3.8) is 0 Å². The third kappa shape index (κ3) is 2.68. The lowest BCUT2D eigenvalue weighted by atomic mass is 10.4. The van der Waals surface area contributed by atoms with Gasteiger partial charge >= 0.3 is 0 Å². The molecule has 13 heavy (non-hydrogen) atoms. The molecule has 0 aliphatic rings. The van der Waals surface area contributed by atoms with Gasteiger partial charge in [0, 0.05) is 0 Å². The second-order valence-electron chi connectivity index (χ2n) is 2.24. The van der Waals surface area contributed by atoms with E-state index in [2.05, 4.69) is 10.8 Å². The van der Waals surface area contributed by atoms with E-state index >= 15 is 0 Å². The normalized spacial score (nSPS) is 11.1. The number of hydrogen-bond acceptors (Lipinski definition) is 3. The molecular formula is C9H9O3S. The molecule has 3 nitrogen and oxygen atoms in total. The van der Waals surface area contributed by atoms with E-state index in [9.17, 15) is 8.42 Å². The predicted octanol–water partition coefficient (Wildman–Crippen LogP) is 1.74. The van der Waals surface area contributed by atoms with Gasteiger partial charge in [0.25, 0.3) is 10.1 Å². The average Bonchev–Trinajstić information content (AvgIpc) is 2.16. The number of hydrogen-bond donors (Lipinski definition) is 0. The molecule has 1 aromatic rings. The van der Waals surface area contributed by atoms with Gasteiger partial charge in [0.1, 0.15) is 6.61 Å². The van der Waals surface area contributed by atoms with E-state index in [-0.39, 0.29) is 4.90 Å². The molecule has 1 rings (SSSR count). The zero-order valence-corrected chi connectivity index (χ0v) is 7.70. The fourth-order valence-corrected chi connectivity index (χ4v) is 1.58. The molecule has 4 heteroatoms. The lowest BCUT2D eigenvalue weighted by Crippen LogP contribution is -2.03. The highest BCUT2D eigenvalue weighted by Gasteiger charge is 2.12. The Balaban J connectivity index is 2.88. The van der Waals surface area contributed by atoms with Crippen LogP contribution >= 0.6 is 0 Å². The Kier molecular flexibility index (Phi) is 3.22. The Hall–Kier alpha value is -1.13. The van der Waals surface area contributed by atoms with Gasteiger partial charge in [-0.25, -0.2) is 0 Å². The SMILES string of the molecule is C=C[CH]OS(=O)(=O)c1ccccc1. The zero-order chi connectivity index (χ0) is 9.73. The van der Waals surface area contributed by atoms with E-state index in [1.165, 1.54) is 18.2 Å². The van der Waals surface area contributed by atoms with Crippen molar-refractivity contribution in [3.8, 4) is 0 Å². The summed E-state index contributed by atoms with van der Waals surface area (Å²) in [5, 5.41) is 0. The van der Waals surface area contributed by atoms with Crippen LogP contribution in [0.2, 0.25) is 0 Å². The van der Waals surface area contributed by atoms with Gasteiger partial charge in [-0.05, 0) is 12.1 Å². The summed E-state index contributed by atoms with van der Waals surface area (Å²) >= 11 is 0. The van der Waals surface area contributed by atoms with E-state index in [4.69, 9.17) is 0 Å². The van der Waals surface area contributed by atoms with Gasteiger partial charge in [-0.1, -0.05) is 24.3 Å². The van der Waals surface area contributed by atoms with E-state index in [1.807, 2.05) is 0 Å². The third-order valence-electron chi connectivity index (χ3n) is 1.31. The van der Waals surface area contributed by atoms with Gasteiger partial charge < -0.3 is 0 Å². The molecule has 0 aromatic heterocycles. The Labute approximate surface area is 77.8 Å². The van der Waals surface area contributed by atoms with Crippen LogP contribution in [0.3, 0.4) is 0 Å². The van der Waals surface area contributed by atoms with Crippen LogP contribution in [0.4, 0.5) is 0 Å². The molecule has 0 bridgehead atoms. The van der Waals surface area contributed by atoms with Gasteiger partial charge in [-0.2, -0.15) is 8.42 Å². The molecule has 0 amide bonds. The monoisotopic (exact) mass is 197 g/mol. The Morgan fingerprint density at radius 1 is 1.23 bits per heavy atom. The van der Waals surface area contributed by atoms with Crippen molar-refractivity contribution in [2.45, 2.75) is 4.90 Å². The molecule has 0 aliphatic carbocycles. The molecule has 69 valence electrons. The highest BCUT2D eigenvalue weighted by molar-refractivity contribution is 7.86. The molecule has 0 unspecified atom stereocenters. The first-order chi connectivity index (χ1) is 6.17. The van der Waals surface area contributed by atoms with Crippen LogP contribution in [-0.4, -0.2) is 8.42 Å². The quantitative estimate of drug-likeness (QED) is 0.690. The fraction of sp³-hybridized carbons (Fsp3) is 0. The minimum absolute atomic E-state index is 0.133. The van der Waals surface area contributed by atoms with Crippen LogP contribution in [0.15, 0.2) is 47.9 Å². The fourth-order valence-electron chi connectivity index (χ4n) is 0.755. The van der Waals surface area contributed by atoms with E-state index in [0.29, 0.717) is 0 Å². The maximum absolute atomic E-state index is 11.3. The van der Waals surface area contributed by atoms with Crippen molar-refractivity contribution >= 4 is 10.1 Å². The summed E-state index contributed by atoms with van der Waals surface area (Å²) in [6.07, 6.45) is 1.26. The van der Waals surface area contributed by atoms with Crippen molar-refractivity contribution < 1.29 is 12.6 Å². The Bertz CT molecular complexity index is 367. The van der Waals surface area contributed by atoms with Crippen molar-refractivity contribution in [1.29, 1.82) is 0 Å². The van der Waals surface area contributed by atoms with E-state index < -0.39 is 10.1 Å². The van der Waals surface area contributed by atoms with Gasteiger partial charge in [0.05, 0.1) is 4.90 Å². The van der Waals surface area contributed by atoms with Crippen LogP contribution in [0.25, 0.3) is 0 Å². The summed E-state index contributed by atoms with van der Waals surface area (Å²) in [6.45, 7) is 4.34. The van der Waals surface area contributed by atoms with E-state index in [0.717, 1.165) is 6.61 Å². The van der Waals surface area contributed by atoms with E-state index in [1.54, 1.807) is 18.2 Å². The van der Waals surface area contributed by atoms with Crippen molar-refractivity contribution in [3.05, 3.63) is 49.6 Å². The second-order valence-corrected chi connectivity index (χ2v) is 3.81. The third-order valence-corrected chi connectivity index (χ3v) is 2.52. The van der Waals surface area contributed by atoms with Crippen LogP contribution in [0.5, 0.6) is 0 Å². The van der Waals surface area contributed by atoms with Gasteiger partial charge in [0.15, 0.2) is 0 Å². The molecule has 0 heterocycles. The Morgan fingerprint density at radius 2 is 1.85 bits per heavy atom. The molecule has 0 fully saturated rings. The zero-order valence-electron chi connectivity index (χ0n) is 6.88. The van der Waals surface area contributed by atoms with Gasteiger partial charge in [-0.3, -0.25) is 4.18 Å². The molecular weight excluding hydrogens is 188 g/mol. The molecule has 1 aromatic carbocycles. The topological polar surface area (TPSA) is 43.4 Å². The summed E-state index contributed by atoms with van der Waals surface area (Å²) in [6, 6.07) is 7.92. The van der Waals surface area contributed by atoms with Gasteiger partial charge in [0.2, 0.25) is 0 Å². The maximum Gasteiger partial charge on any atom is 0.297 e. The highest BCUT2D eigenvalue weighted by atomic mass is 32.2. The summed E-state index contributed by atoms with van der Waals surface area (Å²) in [7, 11) is -3.65. The van der Waals surface area contributed by atoms with Crippen LogP contribution in [-0.2, 0) is 14.3 Å². The summed E-state index contributed by atoms with van der Waals surface area (Å²) in [5.74, 6) is 0. The first-order valence-electron chi connectivity index (χ1n) is 3.59. The second kappa shape index (κ2) is 4.20. The molecule has 0 aliphatic heterocycles. The molecule has 0 saturated carbocycles. The number of rotatable bonds is 4. The minimum Gasteiger partial charge on any atom is -0.256 e. The molecule has 0 spiro atoms. The standard InChI is InChI=1S/C9H9O3S/c1-2-8-12-13(10,11)9-6-4-3-5-7-9/h2-8H,1H2. The average molecular weight is 197 g/mol. The largest absolute Gasteiger partial charge is 0.297 e. The number of benzene rings is 1. The summed E-state index contributed by atoms with van der Waals surface area (Å²) in [5.41, 5.74) is 0. The van der Waals surface area contributed by atoms with Crippen LogP contribution in [0.1, 0.15) is 0 Å². The van der Waals surface area contributed by atoms with Gasteiger partial charge in [-0.15, -0.1) is 6.58 Å². The first kappa shape index (κ1) is 9.95. The summed E-state index contributed by atoms with van der Waals surface area (Å²) < 4.78 is 27.1. The molecule has 0 saturated heterocycles. The molecule has 0 atom stereocenters. The molecule has 0 N–H and O–H groups in total. The van der Waals surface area contributed by atoms with Crippen molar-refractivity contribution in [1.82, 2.24) is 0 Å². The van der Waals surface area contributed by atoms with Crippen LogP contribution in [0, 0.1) is 6.61 Å². The highest BCUT2D eigenvalue weighted by Crippen LogP contribution is 2.11. The van der Waals surface area contributed by atoms with Crippen molar-refractivity contribution in [2.24, 2.45) is 0 Å². The Morgan fingerprint density at radius 3 is 2.38 bits per heavy atom. The summed E-state index contributed by atoms with van der Waals surface area (Å²) in [4.78, 5) is 0.133. The maximum atomic E-state index is 11.3. The predicted molar refractivity (Wildman–Crippen MR) is 49.2 cm³/mol. The van der Waals surface area contributed by atoms with Crippen LogP contribution < -0.4 is 0 Å². The lowest BCUT2D eigenvalue weighted by Gasteiger charge is -2.01. The lowest BCUT2D eigenvalue weighted by molar-refractivity contribution is 0.412.